The minimum atomic E-state index is -0.928. The van der Waals surface area contributed by atoms with E-state index in [4.69, 9.17) is 83.7 Å². The number of aryl methyl sites for hydroxylation is 5. The van der Waals surface area contributed by atoms with Crippen LogP contribution in [0.15, 0.2) is 135 Å². The Labute approximate surface area is 788 Å². The van der Waals surface area contributed by atoms with Crippen LogP contribution in [0, 0.1) is 67.4 Å². The highest BCUT2D eigenvalue weighted by Crippen LogP contribution is 2.41. The quantitative estimate of drug-likeness (QED) is 0.0140. The van der Waals surface area contributed by atoms with E-state index in [2.05, 4.69) is 128 Å². The van der Waals surface area contributed by atoms with E-state index in [0.29, 0.717) is 147 Å². The largest absolute Gasteiger partial charge is 0.389 e. The van der Waals surface area contributed by atoms with Gasteiger partial charge in [-0.15, -0.1) is 0 Å². The molecule has 0 aromatic carbocycles. The van der Waals surface area contributed by atoms with Gasteiger partial charge in [0.1, 0.15) is 80.7 Å². The zero-order valence-electron chi connectivity index (χ0n) is 71.4. The molecule has 0 spiro atoms. The van der Waals surface area contributed by atoms with Crippen LogP contribution in [-0.4, -0.2) is 198 Å². The number of β-amino-alcohol motifs (C(OH)–C–C–N with tert-alkyl or cyclic N) is 3. The molecule has 694 valence electrons. The first-order chi connectivity index (χ1) is 64.3. The van der Waals surface area contributed by atoms with Crippen LogP contribution in [-0.2, 0) is 32.1 Å². The van der Waals surface area contributed by atoms with Gasteiger partial charge in [-0.05, 0) is 147 Å². The van der Waals surface area contributed by atoms with Crippen LogP contribution in [0.4, 0.5) is 58.5 Å². The maximum absolute atomic E-state index is 13.8. The number of aliphatic hydroxyl groups excluding tert-OH is 3. The topological polar surface area (TPSA) is 662 Å². The fraction of sp³-hybridized carbons (Fsp3) is 0.250. The van der Waals surface area contributed by atoms with E-state index < -0.39 is 23.3 Å². The van der Waals surface area contributed by atoms with Crippen LogP contribution < -0.4 is 54.5 Å². The Bertz CT molecular complexity index is 7660. The molecule has 0 atom stereocenters. The van der Waals surface area contributed by atoms with E-state index in [1.807, 2.05) is 61.8 Å². The first-order valence-electron chi connectivity index (χ1n) is 40.6. The van der Waals surface area contributed by atoms with Crippen LogP contribution in [0.5, 0.6) is 0 Å². The molecule has 20 rings (SSSR count). The van der Waals surface area contributed by atoms with E-state index in [1.165, 1.54) is 72.8 Å². The predicted octanol–water partition coefficient (Wildman–Crippen LogP) is 11.3. The van der Waals surface area contributed by atoms with E-state index in [1.54, 1.807) is 30.6 Å². The van der Waals surface area contributed by atoms with Gasteiger partial charge in [0.15, 0.2) is 71.6 Å². The maximum atomic E-state index is 13.8. The molecule has 51 heteroatoms. The minimum Gasteiger partial charge on any atom is -0.389 e. The van der Waals surface area contributed by atoms with Crippen molar-refractivity contribution in [2.24, 2.45) is 5.73 Å². The minimum absolute atomic E-state index is 0. The van der Waals surface area contributed by atoms with E-state index in [9.17, 15) is 42.5 Å². The van der Waals surface area contributed by atoms with Gasteiger partial charge in [0.2, 0.25) is 11.9 Å². The zero-order valence-corrected chi connectivity index (χ0v) is 76.2. The molecule has 3 aliphatic rings. The lowest BCUT2D eigenvalue weighted by atomic mass is 10.1. The average Bonchev–Trinajstić information content (AvgIpc) is 1.64. The summed E-state index contributed by atoms with van der Waals surface area (Å²) in [6.45, 7) is 14.9. The number of halogens is 5. The number of nitrogens with two attached hydrogens (primary N) is 5. The number of anilines is 7. The smallest absolute Gasteiger partial charge is 0.261 e. The number of nitrogens with one attached hydrogen (secondary N) is 9. The Morgan fingerprint density at radius 3 is 1.28 bits per heavy atom. The molecule has 135 heavy (non-hydrogen) atoms. The third-order valence-electron chi connectivity index (χ3n) is 19.8. The highest BCUT2D eigenvalue weighted by molar-refractivity contribution is 8.00. The molecule has 17 aromatic heterocycles. The van der Waals surface area contributed by atoms with Gasteiger partial charge in [-0.3, -0.25) is 20.0 Å². The number of rotatable bonds is 16. The molecule has 17 aromatic rings. The first-order valence-corrected chi connectivity index (χ1v) is 44.7. The molecule has 3 aliphatic heterocycles. The molecule has 0 radical (unpaired) electrons. The molecule has 22 N–H and O–H groups in total. The fourth-order valence-corrected chi connectivity index (χ4v) is 16.9. The van der Waals surface area contributed by atoms with Gasteiger partial charge in [-0.2, -0.15) is 25.8 Å². The Morgan fingerprint density at radius 2 is 0.852 bits per heavy atom. The number of aromatic amines is 8. The molecular formula is C84H83ClF4N36O5S5. The highest BCUT2D eigenvalue weighted by Gasteiger charge is 2.33. The molecule has 20 heterocycles. The summed E-state index contributed by atoms with van der Waals surface area (Å²) < 4.78 is 52.1. The van der Waals surface area contributed by atoms with Crippen molar-refractivity contribution < 1.29 is 32.9 Å². The molecule has 3 saturated heterocycles. The van der Waals surface area contributed by atoms with Gasteiger partial charge in [0.05, 0.1) is 73.3 Å². The average molecular weight is 1950 g/mol. The molecule has 3 fully saturated rings. The lowest BCUT2D eigenvalue weighted by molar-refractivity contribution is 0.141. The van der Waals surface area contributed by atoms with Crippen molar-refractivity contribution in [2.45, 2.75) is 140 Å². The number of fused-ring (bicyclic) bond motifs is 7. The van der Waals surface area contributed by atoms with Crippen LogP contribution in [0.25, 0.3) is 77.2 Å². The predicted molar refractivity (Wildman–Crippen MR) is 509 cm³/mol. The standard InChI is InChI=1S/C18H18ClN9OS.C18H19N9OS.C17H15FN6OS.C14H10FN5OS.C8H9N3OS.C6H2F2N2.C2H6N2.CH4/c1-2-9-12(19)11-15(23-9)26-18(27-16(11)28-5-7(29)6-28)30-8-3-10-13(22-4-8)14(20)25-17(21)24-10;1-2-8-3-11-15(22-8)25-18(26-16(11)27-6-9(28)7-27)29-10-4-12-13(21-5-10)14(19)24-17(20)23-12;1-2-9-3-12-15(21-9)22-17(23-16(12)24-7-10(25)8-24)26-11-4-13(18)14(5-19)20-6-11;1-2-7-3-9-12(18-7)19-14(20-13(9)21)22-8-4-10(15)11(5-16)17-6-8;1-2-4-3-5-6(9-4)10-8(13)11-7(5)12;7-4-1-5(8)6(2-9)10-3-4;1-2(3)4;/h3-4,7,29H,2,5-6H2,1H3,(H,23,26,27)(H4,20,21,24,25);3-5,9,28H,2,6-7H2,1H3,(H,22,25,26)(H4,19,20,23,24);3-4,6,10,25H,2,7-8H2,1H3,(H,21,22,23);3-4,6H,2H2,1H3,(H2,18,19,20,21);3H,2H2,1H3,(H3,9,10,11,12,13);1,3H;1H3,(H3,3,4);1H4. The third-order valence-corrected chi connectivity index (χ3v) is 23.8. The second-order valence-electron chi connectivity index (χ2n) is 29.5. The van der Waals surface area contributed by atoms with E-state index >= 15 is 0 Å². The molecule has 0 unspecified atom stereocenters. The van der Waals surface area contributed by atoms with Crippen LogP contribution in [0.3, 0.4) is 0 Å². The summed E-state index contributed by atoms with van der Waals surface area (Å²) in [5, 5.41) is 67.2. The zero-order chi connectivity index (χ0) is 95.6. The third kappa shape index (κ3) is 23.1. The number of hydrogen-bond donors (Lipinski definition) is 17. The second kappa shape index (κ2) is 42.8. The van der Waals surface area contributed by atoms with Crippen LogP contribution >= 0.6 is 70.9 Å². The van der Waals surface area contributed by atoms with E-state index in [-0.39, 0.29) is 83.3 Å². The SMILES string of the molecule is C.CC(=N)N.CCc1[nH]c2nc(Sc3cnc4c(N)nc(N)nc4c3)nc(N3CC(O)C3)c2c1Cl.CCc1cc2c(=O)[nH]c(=S)[nH]c2[nH]1.CCc1cc2c(=O)[nH]c(Sc3cnc(C#N)c(F)c3)nc2[nH]1.CCc1cc2c(N3CC(O)C3)nc(Sc3cnc(C#N)c(F)c3)nc2[nH]1.CCc1cc2c(N3CC(O)C3)nc(Sc3cnc4c(N)nc(N)nc4c3)nc2[nH]1.N#Cc1ncc(F)cc1F. The summed E-state index contributed by atoms with van der Waals surface area (Å²) >= 11 is 16.4. The Hall–Kier alpha value is -14.8. The number of nitrogen functional groups attached to an aromatic ring is 4. The van der Waals surface area contributed by atoms with Crippen LogP contribution in [0.2, 0.25) is 5.02 Å². The molecule has 0 bridgehead atoms. The lowest BCUT2D eigenvalue weighted by Gasteiger charge is -2.37. The van der Waals surface area contributed by atoms with Gasteiger partial charge in [-0.1, -0.05) is 53.6 Å². The first kappa shape index (κ1) is 97.7. The summed E-state index contributed by atoms with van der Waals surface area (Å²) in [4.78, 5) is 124. The summed E-state index contributed by atoms with van der Waals surface area (Å²) in [7, 11) is 0. The van der Waals surface area contributed by atoms with Gasteiger partial charge in [0, 0.05) is 118 Å². The molecule has 0 amide bonds. The Balaban J connectivity index is 0.000000140. The molecule has 41 nitrogen and oxygen atoms in total. The number of amidine groups is 1. The van der Waals surface area contributed by atoms with Gasteiger partial charge >= 0.3 is 0 Å². The summed E-state index contributed by atoms with van der Waals surface area (Å²) in [6, 6.07) is 19.2. The number of aromatic nitrogens is 24. The second-order valence-corrected chi connectivity index (χ2v) is 34.5. The number of hydrogen-bond acceptors (Lipinski definition) is 37. The Kier molecular flexibility index (Phi) is 31.0. The van der Waals surface area contributed by atoms with Crippen molar-refractivity contribution in [2.75, 3.05) is 76.9 Å². The fourth-order valence-electron chi connectivity index (χ4n) is 13.3. The van der Waals surface area contributed by atoms with Crippen molar-refractivity contribution in [1.82, 2.24) is 120 Å². The number of nitriles is 3. The number of aliphatic hydroxyl groups is 3. The van der Waals surface area contributed by atoms with Gasteiger partial charge in [0.25, 0.3) is 11.1 Å². The summed E-state index contributed by atoms with van der Waals surface area (Å²) in [6.07, 6.45) is 10.0. The number of H-pyrrole nitrogens is 8. The summed E-state index contributed by atoms with van der Waals surface area (Å²) in [5.74, 6) is 0.0442. The van der Waals surface area contributed by atoms with Crippen LogP contribution in [0.1, 0.15) is 94.5 Å². The lowest BCUT2D eigenvalue weighted by Crippen LogP contribution is -2.51. The number of nitrogens with zero attached hydrogens (tertiary/aromatic N) is 22. The number of pyridine rings is 5. The summed E-state index contributed by atoms with van der Waals surface area (Å²) in [5.41, 5.74) is 37.0. The molecular weight excluding hydrogens is 1860 g/mol. The van der Waals surface area contributed by atoms with E-state index in [0.717, 1.165) is 122 Å². The normalized spacial score (nSPS) is 12.8. The maximum Gasteiger partial charge on any atom is 0.261 e. The van der Waals surface area contributed by atoms with Gasteiger partial charge in [-0.25, -0.2) is 87.3 Å². The van der Waals surface area contributed by atoms with Crippen molar-refractivity contribution in [3.63, 3.8) is 0 Å². The van der Waals surface area contributed by atoms with Crippen molar-refractivity contribution in [3.05, 3.63) is 185 Å². The molecule has 0 aliphatic carbocycles. The van der Waals surface area contributed by atoms with Crippen molar-refractivity contribution in [3.8, 4) is 18.2 Å². The molecule has 0 saturated carbocycles. The van der Waals surface area contributed by atoms with Gasteiger partial charge < -0.3 is 93.6 Å². The van der Waals surface area contributed by atoms with Crippen molar-refractivity contribution >= 4 is 195 Å². The van der Waals surface area contributed by atoms with Crippen molar-refractivity contribution in [1.29, 1.82) is 21.2 Å². The monoisotopic (exact) mass is 1950 g/mol. The highest BCUT2D eigenvalue weighted by atomic mass is 35.5. The Morgan fingerprint density at radius 1 is 0.474 bits per heavy atom.